The summed E-state index contributed by atoms with van der Waals surface area (Å²) in [6, 6.07) is 0.917. The number of fused-ring (bicyclic) bond motifs is 1. The van der Waals surface area contributed by atoms with Crippen molar-refractivity contribution in [2.75, 3.05) is 5.73 Å². The smallest absolute Gasteiger partial charge is 0.397 e. The first-order valence-corrected chi connectivity index (χ1v) is 7.52. The molecule has 0 unspecified atom stereocenters. The minimum absolute atomic E-state index is 0.00868. The Morgan fingerprint density at radius 1 is 1.33 bits per heavy atom. The van der Waals surface area contributed by atoms with Crippen LogP contribution in [0.1, 0.15) is 21.1 Å². The van der Waals surface area contributed by atoms with Gasteiger partial charge in [-0.05, 0) is 18.6 Å². The van der Waals surface area contributed by atoms with E-state index in [0.29, 0.717) is 11.3 Å². The Balaban J connectivity index is 2.44. The summed E-state index contributed by atoms with van der Waals surface area (Å²) < 4.78 is 41.0. The Kier molecular flexibility index (Phi) is 3.52. The maximum atomic E-state index is 13.2. The first-order chi connectivity index (χ1) is 11.1. The molecule has 0 saturated carbocycles. The molecule has 0 aliphatic carbocycles. The van der Waals surface area contributed by atoms with Crippen LogP contribution < -0.4 is 11.5 Å². The standard InChI is InChI=1S/C14H12F3N5OS/c1-5-7(4-22(2)21-5)6-3-8(14(15,16)17)20-13-9(6)10(18)11(24-13)12(19)23/h3-4H,18H2,1-2H3,(H2,19,23). The van der Waals surface area contributed by atoms with Gasteiger partial charge in [-0.2, -0.15) is 18.3 Å². The highest BCUT2D eigenvalue weighted by molar-refractivity contribution is 7.21. The van der Waals surface area contributed by atoms with Crippen molar-refractivity contribution in [3.8, 4) is 11.1 Å². The van der Waals surface area contributed by atoms with E-state index in [1.807, 2.05) is 0 Å². The van der Waals surface area contributed by atoms with Crippen molar-refractivity contribution in [1.82, 2.24) is 14.8 Å². The van der Waals surface area contributed by atoms with Gasteiger partial charge in [-0.25, -0.2) is 4.98 Å². The van der Waals surface area contributed by atoms with Crippen molar-refractivity contribution in [2.24, 2.45) is 12.8 Å². The lowest BCUT2D eigenvalue weighted by molar-refractivity contribution is -0.140. The SMILES string of the molecule is Cc1nn(C)cc1-c1cc(C(F)(F)F)nc2sc(C(N)=O)c(N)c12. The van der Waals surface area contributed by atoms with Gasteiger partial charge in [0, 0.05) is 24.2 Å². The van der Waals surface area contributed by atoms with Gasteiger partial charge in [0.25, 0.3) is 5.91 Å². The third kappa shape index (κ3) is 2.48. The molecule has 3 heterocycles. The maximum Gasteiger partial charge on any atom is 0.433 e. The Labute approximate surface area is 137 Å². The number of amides is 1. The molecule has 4 N–H and O–H groups in total. The van der Waals surface area contributed by atoms with E-state index in [-0.39, 0.29) is 26.3 Å². The molecule has 3 aromatic rings. The van der Waals surface area contributed by atoms with Gasteiger partial charge < -0.3 is 11.5 Å². The van der Waals surface area contributed by atoms with Crippen molar-refractivity contribution in [3.05, 3.63) is 28.5 Å². The highest BCUT2D eigenvalue weighted by Crippen LogP contribution is 2.42. The molecule has 24 heavy (non-hydrogen) atoms. The predicted molar refractivity (Wildman–Crippen MR) is 84.5 cm³/mol. The number of pyridine rings is 1. The lowest BCUT2D eigenvalue weighted by atomic mass is 10.0. The summed E-state index contributed by atoms with van der Waals surface area (Å²) in [4.78, 5) is 15.1. The lowest BCUT2D eigenvalue weighted by Crippen LogP contribution is -2.10. The van der Waals surface area contributed by atoms with Crippen LogP contribution >= 0.6 is 11.3 Å². The van der Waals surface area contributed by atoms with E-state index >= 15 is 0 Å². The van der Waals surface area contributed by atoms with Gasteiger partial charge in [0.15, 0.2) is 0 Å². The average Bonchev–Trinajstić information content (AvgIpc) is 2.97. The first-order valence-electron chi connectivity index (χ1n) is 6.70. The highest BCUT2D eigenvalue weighted by atomic mass is 32.1. The van der Waals surface area contributed by atoms with Crippen molar-refractivity contribution in [3.63, 3.8) is 0 Å². The molecule has 0 bridgehead atoms. The minimum Gasteiger partial charge on any atom is -0.397 e. The van der Waals surface area contributed by atoms with E-state index in [1.54, 1.807) is 20.2 Å². The second-order valence-electron chi connectivity index (χ2n) is 5.24. The number of carbonyl (C=O) groups excluding carboxylic acids is 1. The summed E-state index contributed by atoms with van der Waals surface area (Å²) in [6.07, 6.45) is -3.05. The van der Waals surface area contributed by atoms with Crippen LogP contribution in [-0.4, -0.2) is 20.7 Å². The third-order valence-electron chi connectivity index (χ3n) is 3.52. The number of nitrogen functional groups attached to an aromatic ring is 1. The third-order valence-corrected chi connectivity index (χ3v) is 4.63. The van der Waals surface area contributed by atoms with Crippen molar-refractivity contribution >= 4 is 33.1 Å². The second-order valence-corrected chi connectivity index (χ2v) is 6.24. The number of aryl methyl sites for hydroxylation is 2. The van der Waals surface area contributed by atoms with Crippen LogP contribution in [0, 0.1) is 6.92 Å². The molecule has 0 aliphatic rings. The molecule has 3 rings (SSSR count). The Bertz CT molecular complexity index is 973. The molecule has 0 aliphatic heterocycles. The number of thiophene rings is 1. The van der Waals surface area contributed by atoms with E-state index in [0.717, 1.165) is 17.4 Å². The zero-order valence-electron chi connectivity index (χ0n) is 12.6. The molecule has 0 atom stereocenters. The molecule has 126 valence electrons. The highest BCUT2D eigenvalue weighted by Gasteiger charge is 2.35. The summed E-state index contributed by atoms with van der Waals surface area (Å²) in [7, 11) is 1.66. The normalized spacial score (nSPS) is 12.0. The quantitative estimate of drug-likeness (QED) is 0.738. The van der Waals surface area contributed by atoms with Gasteiger partial charge in [0.05, 0.1) is 11.4 Å². The molecule has 0 saturated heterocycles. The number of alkyl halides is 3. The largest absolute Gasteiger partial charge is 0.433 e. The fourth-order valence-corrected chi connectivity index (χ4v) is 3.50. The zero-order valence-corrected chi connectivity index (χ0v) is 13.4. The number of nitrogens with zero attached hydrogens (tertiary/aromatic N) is 3. The number of anilines is 1. The predicted octanol–water partition coefficient (Wildman–Crippen LogP) is 2.71. The van der Waals surface area contributed by atoms with Gasteiger partial charge in [-0.3, -0.25) is 9.48 Å². The molecule has 0 spiro atoms. The number of hydrogen-bond donors (Lipinski definition) is 2. The lowest BCUT2D eigenvalue weighted by Gasteiger charge is -2.09. The first kappa shape index (κ1) is 16.2. The van der Waals surface area contributed by atoms with E-state index in [1.165, 1.54) is 4.68 Å². The molecule has 0 radical (unpaired) electrons. The number of carbonyl (C=O) groups is 1. The molecule has 3 aromatic heterocycles. The molecular formula is C14H12F3N5OS. The van der Waals surface area contributed by atoms with Gasteiger partial charge in [0.1, 0.15) is 15.4 Å². The van der Waals surface area contributed by atoms with Gasteiger partial charge in [-0.15, -0.1) is 11.3 Å². The fourth-order valence-electron chi connectivity index (χ4n) is 2.53. The molecule has 10 heteroatoms. The summed E-state index contributed by atoms with van der Waals surface area (Å²) >= 11 is 0.746. The number of nitrogens with two attached hydrogens (primary N) is 2. The summed E-state index contributed by atoms with van der Waals surface area (Å²) in [6.45, 7) is 1.67. The minimum atomic E-state index is -4.63. The second kappa shape index (κ2) is 5.20. The van der Waals surface area contributed by atoms with Gasteiger partial charge in [0.2, 0.25) is 0 Å². The number of hydrogen-bond acceptors (Lipinski definition) is 5. The van der Waals surface area contributed by atoms with Crippen LogP contribution in [0.2, 0.25) is 0 Å². The van der Waals surface area contributed by atoms with Crippen LogP contribution in [0.25, 0.3) is 21.3 Å². The van der Waals surface area contributed by atoms with Gasteiger partial charge >= 0.3 is 6.18 Å². The summed E-state index contributed by atoms with van der Waals surface area (Å²) in [5.74, 6) is -0.807. The van der Waals surface area contributed by atoms with E-state index in [4.69, 9.17) is 11.5 Å². The van der Waals surface area contributed by atoms with Crippen LogP contribution in [0.5, 0.6) is 0 Å². The topological polar surface area (TPSA) is 99.8 Å². The molecule has 1 amide bonds. The number of primary amides is 1. The Hall–Kier alpha value is -2.62. The Morgan fingerprint density at radius 2 is 2.00 bits per heavy atom. The zero-order chi connectivity index (χ0) is 17.8. The summed E-state index contributed by atoms with van der Waals surface area (Å²) in [5.41, 5.74) is 11.4. The number of rotatable bonds is 2. The molecule has 6 nitrogen and oxygen atoms in total. The molecule has 0 fully saturated rings. The monoisotopic (exact) mass is 355 g/mol. The number of aromatic nitrogens is 3. The van der Waals surface area contributed by atoms with Crippen LogP contribution in [0.15, 0.2) is 12.3 Å². The van der Waals surface area contributed by atoms with Crippen molar-refractivity contribution in [2.45, 2.75) is 13.1 Å². The maximum absolute atomic E-state index is 13.2. The van der Waals surface area contributed by atoms with Gasteiger partial charge in [-0.1, -0.05) is 0 Å². The van der Waals surface area contributed by atoms with Crippen molar-refractivity contribution in [1.29, 1.82) is 0 Å². The van der Waals surface area contributed by atoms with E-state index in [9.17, 15) is 18.0 Å². The summed E-state index contributed by atoms with van der Waals surface area (Å²) in [5, 5.41) is 4.42. The van der Waals surface area contributed by atoms with Crippen LogP contribution in [-0.2, 0) is 13.2 Å². The molecular weight excluding hydrogens is 343 g/mol. The molecule has 0 aromatic carbocycles. The fraction of sp³-hybridized carbons (Fsp3) is 0.214. The Morgan fingerprint density at radius 3 is 2.50 bits per heavy atom. The van der Waals surface area contributed by atoms with Crippen LogP contribution in [0.3, 0.4) is 0 Å². The number of halogens is 3. The van der Waals surface area contributed by atoms with Crippen LogP contribution in [0.4, 0.5) is 18.9 Å². The van der Waals surface area contributed by atoms with E-state index in [2.05, 4.69) is 10.1 Å². The van der Waals surface area contributed by atoms with Crippen molar-refractivity contribution < 1.29 is 18.0 Å². The van der Waals surface area contributed by atoms with E-state index < -0.39 is 17.8 Å². The average molecular weight is 355 g/mol.